The van der Waals surface area contributed by atoms with Gasteiger partial charge < -0.3 is 19.7 Å². The predicted octanol–water partition coefficient (Wildman–Crippen LogP) is 1.30. The van der Waals surface area contributed by atoms with Crippen LogP contribution in [-0.2, 0) is 4.74 Å². The van der Waals surface area contributed by atoms with E-state index in [0.717, 1.165) is 5.69 Å². The van der Waals surface area contributed by atoms with E-state index in [1.165, 1.54) is 24.3 Å². The van der Waals surface area contributed by atoms with Gasteiger partial charge in [0.2, 0.25) is 0 Å². The Bertz CT molecular complexity index is 1010. The van der Waals surface area contributed by atoms with Gasteiger partial charge in [-0.2, -0.15) is 4.98 Å². The first-order valence-electron chi connectivity index (χ1n) is 8.13. The summed E-state index contributed by atoms with van der Waals surface area (Å²) in [6, 6.07) is 4.37. The Kier molecular flexibility index (Phi) is 5.31. The quantitative estimate of drug-likeness (QED) is 0.566. The number of nitro groups is 2. The Morgan fingerprint density at radius 1 is 1.18 bits per heavy atom. The van der Waals surface area contributed by atoms with Crippen molar-refractivity contribution >= 4 is 29.2 Å². The number of anilines is 1. The standard InChI is InChI=1S/C16H15N5O7/c22-15-14(21(26)27)16(23)18-13(17-15)4-1-10-9-11(20(24)25)2-3-12(10)19-5-7-28-8-6-19/h1-4,9H,5-8H2,(H2,17,18,22,23)/b4-1+. The number of aromatic nitrogens is 2. The molecule has 0 unspecified atom stereocenters. The fourth-order valence-electron chi connectivity index (χ4n) is 2.77. The second-order valence-corrected chi connectivity index (χ2v) is 5.81. The largest absolute Gasteiger partial charge is 0.488 e. The second kappa shape index (κ2) is 7.84. The van der Waals surface area contributed by atoms with Crippen molar-refractivity contribution in [2.24, 2.45) is 0 Å². The van der Waals surface area contributed by atoms with Crippen molar-refractivity contribution in [3.05, 3.63) is 60.2 Å². The molecule has 0 radical (unpaired) electrons. The predicted molar refractivity (Wildman–Crippen MR) is 98.2 cm³/mol. The summed E-state index contributed by atoms with van der Waals surface area (Å²) in [4.78, 5) is 39.8. The molecule has 2 heterocycles. The van der Waals surface area contributed by atoms with Gasteiger partial charge in [0, 0.05) is 36.5 Å². The van der Waals surface area contributed by atoms with E-state index in [9.17, 15) is 30.1 Å². The number of hydrogen-bond donors (Lipinski definition) is 2. The number of benzene rings is 1. The highest BCUT2D eigenvalue weighted by Crippen LogP contribution is 2.28. The van der Waals surface area contributed by atoms with Gasteiger partial charge in [-0.1, -0.05) is 0 Å². The van der Waals surface area contributed by atoms with Crippen LogP contribution in [0.1, 0.15) is 11.4 Å². The third-order valence-corrected chi connectivity index (χ3v) is 4.07. The lowest BCUT2D eigenvalue weighted by Gasteiger charge is -2.30. The molecular weight excluding hydrogens is 374 g/mol. The highest BCUT2D eigenvalue weighted by Gasteiger charge is 2.21. The van der Waals surface area contributed by atoms with E-state index in [0.29, 0.717) is 31.9 Å². The van der Waals surface area contributed by atoms with E-state index < -0.39 is 27.0 Å². The molecule has 0 aliphatic carbocycles. The minimum Gasteiger partial charge on any atom is -0.488 e. The lowest BCUT2D eigenvalue weighted by Crippen LogP contribution is -2.36. The Morgan fingerprint density at radius 2 is 1.89 bits per heavy atom. The van der Waals surface area contributed by atoms with Crippen molar-refractivity contribution in [1.29, 1.82) is 0 Å². The SMILES string of the molecule is O=c1[nH]c(/C=C/c2cc([N+](=O)[O-])ccc2N2CCOCC2)nc(O)c1[N+](=O)[O-]. The van der Waals surface area contributed by atoms with E-state index in [4.69, 9.17) is 4.74 Å². The van der Waals surface area contributed by atoms with Crippen LogP contribution in [0.4, 0.5) is 17.1 Å². The van der Waals surface area contributed by atoms with Crippen LogP contribution in [0.25, 0.3) is 12.2 Å². The van der Waals surface area contributed by atoms with Gasteiger partial charge in [-0.15, -0.1) is 0 Å². The summed E-state index contributed by atoms with van der Waals surface area (Å²) in [6.45, 7) is 2.24. The van der Waals surface area contributed by atoms with Crippen molar-refractivity contribution in [1.82, 2.24) is 9.97 Å². The number of aromatic amines is 1. The van der Waals surface area contributed by atoms with Gasteiger partial charge in [-0.3, -0.25) is 25.0 Å². The normalized spacial score (nSPS) is 14.4. The number of rotatable bonds is 5. The van der Waals surface area contributed by atoms with Crippen LogP contribution in [0, 0.1) is 20.2 Å². The molecule has 1 aromatic heterocycles. The summed E-state index contributed by atoms with van der Waals surface area (Å²) in [7, 11) is 0. The maximum atomic E-state index is 11.7. The molecule has 12 nitrogen and oxygen atoms in total. The molecule has 12 heteroatoms. The summed E-state index contributed by atoms with van der Waals surface area (Å²) >= 11 is 0. The van der Waals surface area contributed by atoms with Crippen molar-refractivity contribution < 1.29 is 19.7 Å². The molecule has 1 aliphatic heterocycles. The van der Waals surface area contributed by atoms with Crippen LogP contribution in [0.15, 0.2) is 23.0 Å². The Labute approximate surface area is 157 Å². The Balaban J connectivity index is 2.00. The highest BCUT2D eigenvalue weighted by molar-refractivity contribution is 5.77. The molecule has 2 aromatic rings. The molecule has 1 fully saturated rings. The molecule has 0 bridgehead atoms. The van der Waals surface area contributed by atoms with Crippen LogP contribution in [0.3, 0.4) is 0 Å². The minimum absolute atomic E-state index is 0.121. The molecule has 0 atom stereocenters. The summed E-state index contributed by atoms with van der Waals surface area (Å²) in [5, 5.41) is 31.4. The van der Waals surface area contributed by atoms with Crippen molar-refractivity contribution in [2.45, 2.75) is 0 Å². The number of non-ortho nitro benzene ring substituents is 1. The number of nitrogens with zero attached hydrogens (tertiary/aromatic N) is 4. The molecule has 0 saturated carbocycles. The molecule has 1 saturated heterocycles. The fraction of sp³-hybridized carbons (Fsp3) is 0.250. The molecule has 2 N–H and O–H groups in total. The number of nitro benzene ring substituents is 1. The molecule has 0 amide bonds. The van der Waals surface area contributed by atoms with Gasteiger partial charge in [0.1, 0.15) is 5.82 Å². The molecule has 146 valence electrons. The van der Waals surface area contributed by atoms with Gasteiger partial charge in [-0.25, -0.2) is 0 Å². The number of ether oxygens (including phenoxy) is 1. The Morgan fingerprint density at radius 3 is 2.50 bits per heavy atom. The number of nitrogens with one attached hydrogen (secondary N) is 1. The smallest absolute Gasteiger partial charge is 0.395 e. The summed E-state index contributed by atoms with van der Waals surface area (Å²) in [5.41, 5.74) is -1.08. The number of H-pyrrole nitrogens is 1. The third kappa shape index (κ3) is 3.96. The zero-order chi connectivity index (χ0) is 20.3. The molecule has 1 aliphatic rings. The van der Waals surface area contributed by atoms with Gasteiger partial charge in [0.15, 0.2) is 0 Å². The summed E-state index contributed by atoms with van der Waals surface area (Å²) in [5.74, 6) is -1.15. The van der Waals surface area contributed by atoms with Gasteiger partial charge in [-0.05, 0) is 18.2 Å². The van der Waals surface area contributed by atoms with Crippen LogP contribution < -0.4 is 10.5 Å². The average molecular weight is 389 g/mol. The van der Waals surface area contributed by atoms with E-state index in [2.05, 4.69) is 9.97 Å². The zero-order valence-electron chi connectivity index (χ0n) is 14.4. The molecule has 28 heavy (non-hydrogen) atoms. The van der Waals surface area contributed by atoms with Crippen molar-refractivity contribution in [2.75, 3.05) is 31.2 Å². The van der Waals surface area contributed by atoms with Gasteiger partial charge in [0.25, 0.3) is 11.6 Å². The van der Waals surface area contributed by atoms with E-state index in [1.807, 2.05) is 4.90 Å². The monoisotopic (exact) mass is 389 g/mol. The number of aromatic hydroxyl groups is 1. The van der Waals surface area contributed by atoms with Crippen molar-refractivity contribution in [3.8, 4) is 5.88 Å². The van der Waals surface area contributed by atoms with Crippen LogP contribution >= 0.6 is 0 Å². The topological polar surface area (TPSA) is 165 Å². The summed E-state index contributed by atoms with van der Waals surface area (Å²) < 4.78 is 5.31. The average Bonchev–Trinajstić information content (AvgIpc) is 2.66. The summed E-state index contributed by atoms with van der Waals surface area (Å²) in [6.07, 6.45) is 2.77. The Hall–Kier alpha value is -3.80. The molecular formula is C16H15N5O7. The van der Waals surface area contributed by atoms with Crippen LogP contribution in [0.5, 0.6) is 5.88 Å². The molecule has 1 aromatic carbocycles. The first kappa shape index (κ1) is 19.0. The lowest BCUT2D eigenvalue weighted by molar-refractivity contribution is -0.387. The highest BCUT2D eigenvalue weighted by atomic mass is 16.6. The molecule has 0 spiro atoms. The maximum absolute atomic E-state index is 11.7. The van der Waals surface area contributed by atoms with E-state index in [1.54, 1.807) is 6.07 Å². The van der Waals surface area contributed by atoms with Gasteiger partial charge in [0.05, 0.1) is 23.1 Å². The van der Waals surface area contributed by atoms with E-state index >= 15 is 0 Å². The van der Waals surface area contributed by atoms with Crippen LogP contribution in [-0.4, -0.2) is 51.2 Å². The third-order valence-electron chi connectivity index (χ3n) is 4.07. The minimum atomic E-state index is -1.11. The lowest BCUT2D eigenvalue weighted by atomic mass is 10.1. The number of morpholine rings is 1. The van der Waals surface area contributed by atoms with Crippen LogP contribution in [0.2, 0.25) is 0 Å². The van der Waals surface area contributed by atoms with Gasteiger partial charge >= 0.3 is 11.2 Å². The maximum Gasteiger partial charge on any atom is 0.395 e. The first-order valence-corrected chi connectivity index (χ1v) is 8.13. The number of hydrogen-bond acceptors (Lipinski definition) is 9. The second-order valence-electron chi connectivity index (χ2n) is 5.81. The first-order chi connectivity index (χ1) is 13.4. The fourth-order valence-corrected chi connectivity index (χ4v) is 2.77. The van der Waals surface area contributed by atoms with Crippen molar-refractivity contribution in [3.63, 3.8) is 0 Å². The molecule has 3 rings (SSSR count). The zero-order valence-corrected chi connectivity index (χ0v) is 14.4. The van der Waals surface area contributed by atoms with E-state index in [-0.39, 0.29) is 11.5 Å².